The minimum atomic E-state index is -0.497. The number of fused-ring (bicyclic) bond motifs is 3. The second-order valence-corrected chi connectivity index (χ2v) is 8.75. The molecule has 4 nitrogen and oxygen atoms in total. The largest absolute Gasteiger partial charge is 0.495 e. The molecule has 0 radical (unpaired) electrons. The summed E-state index contributed by atoms with van der Waals surface area (Å²) in [5.41, 5.74) is 4.39. The number of benzene rings is 3. The molecule has 4 aromatic rings. The third-order valence-electron chi connectivity index (χ3n) is 6.37. The van der Waals surface area contributed by atoms with Gasteiger partial charge in [-0.25, -0.2) is 4.85 Å². The monoisotopic (exact) mass is 395 g/mol. The lowest BCUT2D eigenvalue weighted by Gasteiger charge is -2.32. The number of furan rings is 1. The quantitative estimate of drug-likeness (QED) is 0.304. The molecule has 0 N–H and O–H groups in total. The highest BCUT2D eigenvalue weighted by molar-refractivity contribution is 6.64. The maximum Gasteiger partial charge on any atom is 0.495 e. The summed E-state index contributed by atoms with van der Waals surface area (Å²) < 4.78 is 18.9. The first kappa shape index (κ1) is 18.9. The van der Waals surface area contributed by atoms with Gasteiger partial charge in [0.25, 0.3) is 0 Å². The van der Waals surface area contributed by atoms with Gasteiger partial charge in [-0.15, -0.1) is 0 Å². The maximum atomic E-state index is 7.27. The number of nitrogens with zero attached hydrogens (tertiary/aromatic N) is 1. The Morgan fingerprint density at radius 1 is 0.800 bits per heavy atom. The van der Waals surface area contributed by atoms with Gasteiger partial charge in [0.15, 0.2) is 5.69 Å². The summed E-state index contributed by atoms with van der Waals surface area (Å²) >= 11 is 0. The second kappa shape index (κ2) is 6.47. The van der Waals surface area contributed by atoms with E-state index in [4.69, 9.17) is 20.3 Å². The Labute approximate surface area is 176 Å². The first-order chi connectivity index (χ1) is 14.3. The van der Waals surface area contributed by atoms with Gasteiger partial charge in [0.05, 0.1) is 17.8 Å². The van der Waals surface area contributed by atoms with Crippen LogP contribution in [-0.2, 0) is 9.31 Å². The van der Waals surface area contributed by atoms with Crippen molar-refractivity contribution in [2.24, 2.45) is 0 Å². The minimum absolute atomic E-state index is 0.434. The molecule has 1 saturated heterocycles. The molecule has 1 fully saturated rings. The molecule has 1 aromatic heterocycles. The van der Waals surface area contributed by atoms with Gasteiger partial charge in [-0.2, -0.15) is 0 Å². The molecule has 0 atom stereocenters. The molecule has 148 valence electrons. The fourth-order valence-corrected chi connectivity index (χ4v) is 4.01. The molecule has 2 heterocycles. The van der Waals surface area contributed by atoms with Crippen LogP contribution < -0.4 is 5.46 Å². The highest BCUT2D eigenvalue weighted by atomic mass is 16.7. The zero-order chi connectivity index (χ0) is 21.1. The zero-order valence-corrected chi connectivity index (χ0v) is 17.5. The molecule has 5 heteroatoms. The van der Waals surface area contributed by atoms with Crippen LogP contribution in [0.3, 0.4) is 0 Å². The molecule has 30 heavy (non-hydrogen) atoms. The van der Waals surface area contributed by atoms with Crippen LogP contribution in [0.4, 0.5) is 5.69 Å². The first-order valence-electron chi connectivity index (χ1n) is 10.1. The number of hydrogen-bond acceptors (Lipinski definition) is 3. The second-order valence-electron chi connectivity index (χ2n) is 8.75. The summed E-state index contributed by atoms with van der Waals surface area (Å²) in [7, 11) is -0.497. The summed E-state index contributed by atoms with van der Waals surface area (Å²) in [5, 5.41) is 2.09. The van der Waals surface area contributed by atoms with Crippen LogP contribution in [0.1, 0.15) is 27.7 Å². The van der Waals surface area contributed by atoms with Crippen molar-refractivity contribution >= 4 is 40.2 Å². The lowest BCUT2D eigenvalue weighted by atomic mass is 9.73. The molecule has 0 unspecified atom stereocenters. The van der Waals surface area contributed by atoms with Gasteiger partial charge in [0, 0.05) is 10.8 Å². The normalized spacial score (nSPS) is 17.5. The van der Waals surface area contributed by atoms with Crippen molar-refractivity contribution in [1.82, 2.24) is 0 Å². The molecule has 1 aliphatic rings. The van der Waals surface area contributed by atoms with E-state index in [0.717, 1.165) is 38.5 Å². The SMILES string of the molecule is [C-]#[N+]c1ccc(-c2c(B3OC(C)(C)C(C)(C)O3)ccc3oc4ccccc4c23)cc1. The fourth-order valence-electron chi connectivity index (χ4n) is 4.01. The van der Waals surface area contributed by atoms with Crippen LogP contribution in [0, 0.1) is 6.57 Å². The zero-order valence-electron chi connectivity index (χ0n) is 17.5. The lowest BCUT2D eigenvalue weighted by molar-refractivity contribution is 0.00578. The maximum absolute atomic E-state index is 7.27. The van der Waals surface area contributed by atoms with Crippen molar-refractivity contribution in [1.29, 1.82) is 0 Å². The third-order valence-corrected chi connectivity index (χ3v) is 6.37. The predicted molar refractivity (Wildman–Crippen MR) is 121 cm³/mol. The molecule has 0 bridgehead atoms. The van der Waals surface area contributed by atoms with Crippen molar-refractivity contribution in [2.75, 3.05) is 0 Å². The van der Waals surface area contributed by atoms with Gasteiger partial charge in [-0.3, -0.25) is 0 Å². The highest BCUT2D eigenvalue weighted by Gasteiger charge is 2.52. The van der Waals surface area contributed by atoms with Crippen molar-refractivity contribution in [3.8, 4) is 11.1 Å². The standard InChI is InChI=1S/C25H22BNO3/c1-24(2)25(3,4)30-26(29-24)19-14-15-21-23(18-8-6-7-9-20(18)28-21)22(19)16-10-12-17(27-5)13-11-16/h6-15H,1-4H3. The van der Waals surface area contributed by atoms with Crippen LogP contribution in [0.15, 0.2) is 65.1 Å². The van der Waals surface area contributed by atoms with E-state index in [0.29, 0.717) is 5.69 Å². The van der Waals surface area contributed by atoms with Crippen LogP contribution in [0.5, 0.6) is 0 Å². The Morgan fingerprint density at radius 2 is 1.47 bits per heavy atom. The minimum Gasteiger partial charge on any atom is -0.456 e. The molecular weight excluding hydrogens is 373 g/mol. The van der Waals surface area contributed by atoms with E-state index in [2.05, 4.69) is 38.6 Å². The van der Waals surface area contributed by atoms with Gasteiger partial charge >= 0.3 is 7.12 Å². The summed E-state index contributed by atoms with van der Waals surface area (Å²) in [6, 6.07) is 19.7. The van der Waals surface area contributed by atoms with Gasteiger partial charge in [0.2, 0.25) is 0 Å². The van der Waals surface area contributed by atoms with E-state index in [-0.39, 0.29) is 0 Å². The Balaban J connectivity index is 1.81. The highest BCUT2D eigenvalue weighted by Crippen LogP contribution is 2.40. The molecule has 0 amide bonds. The molecular formula is C25H22BNO3. The Kier molecular flexibility index (Phi) is 4.08. The third kappa shape index (κ3) is 2.76. The van der Waals surface area contributed by atoms with E-state index in [1.165, 1.54) is 0 Å². The molecule has 0 spiro atoms. The van der Waals surface area contributed by atoms with Crippen molar-refractivity contribution in [3.63, 3.8) is 0 Å². The molecule has 1 aliphatic heterocycles. The molecule has 3 aromatic carbocycles. The van der Waals surface area contributed by atoms with Gasteiger partial charge in [-0.1, -0.05) is 48.5 Å². The Hall–Kier alpha value is -3.07. The number of para-hydroxylation sites is 1. The van der Waals surface area contributed by atoms with E-state index in [1.54, 1.807) is 0 Å². The van der Waals surface area contributed by atoms with Crippen LogP contribution in [0.2, 0.25) is 0 Å². The van der Waals surface area contributed by atoms with Gasteiger partial charge < -0.3 is 13.7 Å². The summed E-state index contributed by atoms with van der Waals surface area (Å²) in [4.78, 5) is 3.53. The number of hydrogen-bond donors (Lipinski definition) is 0. The average molecular weight is 395 g/mol. The Morgan fingerprint density at radius 3 is 2.13 bits per heavy atom. The summed E-state index contributed by atoms with van der Waals surface area (Å²) in [5.74, 6) is 0. The smallest absolute Gasteiger partial charge is 0.456 e. The van der Waals surface area contributed by atoms with Crippen LogP contribution in [-0.4, -0.2) is 18.3 Å². The lowest BCUT2D eigenvalue weighted by Crippen LogP contribution is -2.41. The molecule has 0 aliphatic carbocycles. The first-order valence-corrected chi connectivity index (χ1v) is 10.1. The van der Waals surface area contributed by atoms with Crippen LogP contribution in [0.25, 0.3) is 37.9 Å². The van der Waals surface area contributed by atoms with E-state index < -0.39 is 18.3 Å². The van der Waals surface area contributed by atoms with Crippen molar-refractivity contribution in [2.45, 2.75) is 38.9 Å². The summed E-state index contributed by atoms with van der Waals surface area (Å²) in [6.07, 6.45) is 0. The topological polar surface area (TPSA) is 36.0 Å². The van der Waals surface area contributed by atoms with Crippen molar-refractivity contribution < 1.29 is 13.7 Å². The summed E-state index contributed by atoms with van der Waals surface area (Å²) in [6.45, 7) is 15.5. The van der Waals surface area contributed by atoms with E-state index >= 15 is 0 Å². The average Bonchev–Trinajstić information content (AvgIpc) is 3.20. The number of rotatable bonds is 2. The van der Waals surface area contributed by atoms with E-state index in [9.17, 15) is 0 Å². The molecule has 0 saturated carbocycles. The van der Waals surface area contributed by atoms with Crippen LogP contribution >= 0.6 is 0 Å². The predicted octanol–water partition coefficient (Wildman–Crippen LogP) is 6.10. The van der Waals surface area contributed by atoms with Gasteiger partial charge in [0.1, 0.15) is 11.2 Å². The fraction of sp³-hybridized carbons (Fsp3) is 0.240. The molecule has 5 rings (SSSR count). The Bertz CT molecular complexity index is 1300. The van der Waals surface area contributed by atoms with E-state index in [1.807, 2.05) is 54.6 Å². The van der Waals surface area contributed by atoms with Gasteiger partial charge in [-0.05, 0) is 56.4 Å². The van der Waals surface area contributed by atoms with Crippen molar-refractivity contribution in [3.05, 3.63) is 72.1 Å².